The maximum absolute atomic E-state index is 12.4. The number of rotatable bonds is 5. The minimum Gasteiger partial charge on any atom is -0.506 e. The van der Waals surface area contributed by atoms with Crippen molar-refractivity contribution >= 4 is 11.6 Å². The first-order valence-corrected chi connectivity index (χ1v) is 8.66. The normalized spacial score (nSPS) is 14.2. The molecule has 1 aliphatic rings. The number of phenolic OH excluding ortho intramolecular Hbond substituents is 1. The van der Waals surface area contributed by atoms with Crippen LogP contribution in [0.5, 0.6) is 17.2 Å². The first-order valence-electron chi connectivity index (χ1n) is 8.66. The van der Waals surface area contributed by atoms with Crippen molar-refractivity contribution in [1.29, 1.82) is 0 Å². The van der Waals surface area contributed by atoms with Crippen LogP contribution >= 0.6 is 0 Å². The van der Waals surface area contributed by atoms with E-state index >= 15 is 0 Å². The van der Waals surface area contributed by atoms with Gasteiger partial charge in [0.2, 0.25) is 0 Å². The Morgan fingerprint density at radius 3 is 2.50 bits per heavy atom. The highest BCUT2D eigenvalue weighted by Gasteiger charge is 2.23. The van der Waals surface area contributed by atoms with Gasteiger partial charge in [0.1, 0.15) is 5.75 Å². The van der Waals surface area contributed by atoms with Crippen LogP contribution in [-0.2, 0) is 4.79 Å². The Kier molecular flexibility index (Phi) is 5.51. The van der Waals surface area contributed by atoms with Gasteiger partial charge in [0.05, 0.1) is 12.8 Å². The van der Waals surface area contributed by atoms with Gasteiger partial charge in [-0.05, 0) is 36.8 Å². The van der Waals surface area contributed by atoms with Gasteiger partial charge >= 0.3 is 0 Å². The lowest BCUT2D eigenvalue weighted by Crippen LogP contribution is -2.50. The Morgan fingerprint density at radius 1 is 1.08 bits per heavy atom. The summed E-state index contributed by atoms with van der Waals surface area (Å²) in [5.74, 6) is 1.41. The first-order chi connectivity index (χ1) is 12.6. The van der Waals surface area contributed by atoms with E-state index < -0.39 is 0 Å². The number of para-hydroxylation sites is 2. The van der Waals surface area contributed by atoms with Gasteiger partial charge in [-0.1, -0.05) is 18.2 Å². The summed E-state index contributed by atoms with van der Waals surface area (Å²) in [6.45, 7) is 4.51. The van der Waals surface area contributed by atoms with Crippen LogP contribution in [0, 0.1) is 6.92 Å². The second kappa shape index (κ2) is 7.99. The van der Waals surface area contributed by atoms with Gasteiger partial charge in [0.15, 0.2) is 18.1 Å². The molecule has 0 unspecified atom stereocenters. The van der Waals surface area contributed by atoms with Crippen LogP contribution in [0.4, 0.5) is 5.69 Å². The molecule has 0 atom stereocenters. The van der Waals surface area contributed by atoms with E-state index in [9.17, 15) is 9.90 Å². The number of aryl methyl sites for hydroxylation is 1. The summed E-state index contributed by atoms with van der Waals surface area (Å²) in [7, 11) is 1.58. The monoisotopic (exact) mass is 356 g/mol. The topological polar surface area (TPSA) is 62.2 Å². The quantitative estimate of drug-likeness (QED) is 0.892. The van der Waals surface area contributed by atoms with Crippen LogP contribution in [0.25, 0.3) is 0 Å². The number of amides is 1. The number of hydrogen-bond donors (Lipinski definition) is 1. The Bertz CT molecular complexity index is 770. The number of aromatic hydroxyl groups is 1. The van der Waals surface area contributed by atoms with Gasteiger partial charge in [0, 0.05) is 26.2 Å². The first kappa shape index (κ1) is 17.9. The van der Waals surface area contributed by atoms with E-state index in [0.717, 1.165) is 11.3 Å². The molecule has 3 rings (SSSR count). The van der Waals surface area contributed by atoms with Crippen molar-refractivity contribution in [1.82, 2.24) is 4.90 Å². The lowest BCUT2D eigenvalue weighted by atomic mass is 10.2. The molecule has 6 heteroatoms. The van der Waals surface area contributed by atoms with Crippen molar-refractivity contribution in [2.45, 2.75) is 6.92 Å². The zero-order chi connectivity index (χ0) is 18.5. The molecule has 1 saturated heterocycles. The van der Waals surface area contributed by atoms with Crippen LogP contribution < -0.4 is 14.4 Å². The van der Waals surface area contributed by atoms with Crippen molar-refractivity contribution in [2.75, 3.05) is 44.8 Å². The van der Waals surface area contributed by atoms with Crippen molar-refractivity contribution < 1.29 is 19.4 Å². The SMILES string of the molecule is COc1cc(C)ccc1OCC(=O)N1CCN(c2ccccc2O)CC1. The van der Waals surface area contributed by atoms with E-state index in [1.807, 2.05) is 37.3 Å². The average Bonchev–Trinajstić information content (AvgIpc) is 2.67. The number of piperazine rings is 1. The molecule has 2 aromatic rings. The highest BCUT2D eigenvalue weighted by molar-refractivity contribution is 5.78. The van der Waals surface area contributed by atoms with Crippen molar-refractivity contribution in [3.8, 4) is 17.2 Å². The lowest BCUT2D eigenvalue weighted by Gasteiger charge is -2.36. The Labute approximate surface area is 153 Å². The summed E-state index contributed by atoms with van der Waals surface area (Å²) in [4.78, 5) is 16.3. The number of methoxy groups -OCH3 is 1. The third kappa shape index (κ3) is 4.02. The van der Waals surface area contributed by atoms with Gasteiger partial charge < -0.3 is 24.4 Å². The number of hydrogen-bond acceptors (Lipinski definition) is 5. The number of carbonyl (C=O) groups is 1. The minimum absolute atomic E-state index is 0.0178. The molecule has 1 aliphatic heterocycles. The van der Waals surface area contributed by atoms with E-state index in [4.69, 9.17) is 9.47 Å². The zero-order valence-electron chi connectivity index (χ0n) is 15.1. The molecular formula is C20H24N2O4. The second-order valence-electron chi connectivity index (χ2n) is 6.30. The molecule has 1 fully saturated rings. The zero-order valence-corrected chi connectivity index (χ0v) is 15.1. The summed E-state index contributed by atoms with van der Waals surface area (Å²) in [5.41, 5.74) is 1.88. The van der Waals surface area contributed by atoms with E-state index in [1.54, 1.807) is 24.1 Å². The highest BCUT2D eigenvalue weighted by atomic mass is 16.5. The van der Waals surface area contributed by atoms with Gasteiger partial charge in [-0.3, -0.25) is 4.79 Å². The van der Waals surface area contributed by atoms with E-state index in [2.05, 4.69) is 4.90 Å². The molecule has 1 N–H and O–H groups in total. The van der Waals surface area contributed by atoms with Gasteiger partial charge in [-0.2, -0.15) is 0 Å². The molecule has 2 aromatic carbocycles. The molecule has 26 heavy (non-hydrogen) atoms. The second-order valence-corrected chi connectivity index (χ2v) is 6.30. The van der Waals surface area contributed by atoms with Gasteiger partial charge in [0.25, 0.3) is 5.91 Å². The highest BCUT2D eigenvalue weighted by Crippen LogP contribution is 2.28. The maximum Gasteiger partial charge on any atom is 0.260 e. The molecule has 0 saturated carbocycles. The molecule has 0 bridgehead atoms. The summed E-state index contributed by atoms with van der Waals surface area (Å²) >= 11 is 0. The molecular weight excluding hydrogens is 332 g/mol. The van der Waals surface area contributed by atoms with Crippen LogP contribution in [0.15, 0.2) is 42.5 Å². The smallest absolute Gasteiger partial charge is 0.260 e. The van der Waals surface area contributed by atoms with Crippen molar-refractivity contribution in [3.63, 3.8) is 0 Å². The molecule has 0 radical (unpaired) electrons. The molecule has 1 amide bonds. The van der Waals surface area contributed by atoms with Gasteiger partial charge in [-0.25, -0.2) is 0 Å². The van der Waals surface area contributed by atoms with E-state index in [0.29, 0.717) is 37.7 Å². The van der Waals surface area contributed by atoms with Crippen LogP contribution in [0.3, 0.4) is 0 Å². The predicted octanol–water partition coefficient (Wildman–Crippen LogP) is 2.44. The van der Waals surface area contributed by atoms with Crippen LogP contribution in [0.2, 0.25) is 0 Å². The fraction of sp³-hybridized carbons (Fsp3) is 0.350. The summed E-state index contributed by atoms with van der Waals surface area (Å²) in [6, 6.07) is 12.9. The third-order valence-electron chi connectivity index (χ3n) is 4.53. The number of carbonyl (C=O) groups excluding carboxylic acids is 1. The van der Waals surface area contributed by atoms with Gasteiger partial charge in [-0.15, -0.1) is 0 Å². The van der Waals surface area contributed by atoms with E-state index in [1.165, 1.54) is 0 Å². The molecule has 0 aliphatic carbocycles. The Hall–Kier alpha value is -2.89. The van der Waals surface area contributed by atoms with E-state index in [-0.39, 0.29) is 18.3 Å². The molecule has 0 aromatic heterocycles. The fourth-order valence-electron chi connectivity index (χ4n) is 3.05. The molecule has 1 heterocycles. The van der Waals surface area contributed by atoms with Crippen molar-refractivity contribution in [2.24, 2.45) is 0 Å². The number of anilines is 1. The molecule has 6 nitrogen and oxygen atoms in total. The van der Waals surface area contributed by atoms with Crippen molar-refractivity contribution in [3.05, 3.63) is 48.0 Å². The summed E-state index contributed by atoms with van der Waals surface area (Å²) in [5, 5.41) is 9.96. The molecule has 138 valence electrons. The summed E-state index contributed by atoms with van der Waals surface area (Å²) in [6.07, 6.45) is 0. The Balaban J connectivity index is 1.54. The fourth-order valence-corrected chi connectivity index (χ4v) is 3.05. The number of ether oxygens (including phenoxy) is 2. The number of nitrogens with zero attached hydrogens (tertiary/aromatic N) is 2. The minimum atomic E-state index is -0.0513. The lowest BCUT2D eigenvalue weighted by molar-refractivity contribution is -0.133. The molecule has 0 spiro atoms. The van der Waals surface area contributed by atoms with Crippen LogP contribution in [0.1, 0.15) is 5.56 Å². The summed E-state index contributed by atoms with van der Waals surface area (Å²) < 4.78 is 11.0. The Morgan fingerprint density at radius 2 is 1.81 bits per heavy atom. The number of benzene rings is 2. The largest absolute Gasteiger partial charge is 0.506 e. The van der Waals surface area contributed by atoms with Crippen LogP contribution in [-0.4, -0.2) is 55.8 Å². The maximum atomic E-state index is 12.4. The third-order valence-corrected chi connectivity index (χ3v) is 4.53. The number of phenols is 1. The predicted molar refractivity (Wildman–Crippen MR) is 100 cm³/mol. The average molecular weight is 356 g/mol. The standard InChI is InChI=1S/C20H24N2O4/c1-15-7-8-18(19(13-15)25-2)26-14-20(24)22-11-9-21(10-12-22)16-5-3-4-6-17(16)23/h3-8,13,23H,9-12,14H2,1-2H3.